The van der Waals surface area contributed by atoms with Gasteiger partial charge in [0.1, 0.15) is 6.16 Å². The van der Waals surface area contributed by atoms with Crippen LogP contribution in [0.15, 0.2) is 0 Å². The third kappa shape index (κ3) is 8.28. The average molecular weight is 169 g/mol. The van der Waals surface area contributed by atoms with Crippen LogP contribution in [0.25, 0.3) is 0 Å². The van der Waals surface area contributed by atoms with Crippen molar-refractivity contribution < 1.29 is 14.0 Å². The van der Waals surface area contributed by atoms with Crippen LogP contribution in [-0.4, -0.2) is 15.9 Å². The van der Waals surface area contributed by atoms with Crippen LogP contribution in [0.2, 0.25) is 0 Å². The number of hydrogen-bond acceptors (Lipinski definition) is 2. The highest BCUT2D eigenvalue weighted by molar-refractivity contribution is 7.59. The highest BCUT2D eigenvalue weighted by Gasteiger charge is 2.32. The number of hydrogen-bond donors (Lipinski definition) is 2. The molecule has 62 valence electrons. The number of halogens is 1. The molecule has 0 aliphatic carbocycles. The summed E-state index contributed by atoms with van der Waals surface area (Å²) in [5, 5.41) is 0. The summed E-state index contributed by atoms with van der Waals surface area (Å²) in [4.78, 5) is 16.6. The van der Waals surface area contributed by atoms with Crippen LogP contribution in [-0.2, 0) is 0 Å². The van der Waals surface area contributed by atoms with E-state index >= 15 is 0 Å². The summed E-state index contributed by atoms with van der Waals surface area (Å²) in [6.07, 6.45) is 3.54. The second kappa shape index (κ2) is 5.00. The Kier molecular flexibility index (Phi) is 5.14. The number of unbranched alkanes of at least 4 members (excludes halogenated alkanes) is 3. The maximum Gasteiger partial charge on any atom is 0.462 e. The van der Waals surface area contributed by atoms with Gasteiger partial charge in [-0.2, -0.15) is 9.79 Å². The van der Waals surface area contributed by atoms with Gasteiger partial charge in [-0.3, -0.25) is 0 Å². The van der Waals surface area contributed by atoms with E-state index in [4.69, 9.17) is 9.79 Å². The van der Waals surface area contributed by atoms with Gasteiger partial charge in [-0.05, 0) is 12.8 Å². The largest absolute Gasteiger partial charge is 0.462 e. The average Bonchev–Trinajstić information content (AvgIpc) is 1.78. The Hall–Kier alpha value is 0.280. The normalized spacial score (nSPS) is 12.0. The van der Waals surface area contributed by atoms with Crippen LogP contribution < -0.4 is 0 Å². The minimum Gasteiger partial charge on any atom is -0.189 e. The first-order valence-electron chi connectivity index (χ1n) is 3.59. The molecular formula is C6H15FO2P+. The molecule has 0 radical (unpaired) electrons. The first-order chi connectivity index (χ1) is 4.56. The molecule has 0 spiro atoms. The van der Waals surface area contributed by atoms with Crippen LogP contribution in [0.5, 0.6) is 0 Å². The molecule has 0 heterocycles. The molecule has 0 aliphatic heterocycles. The van der Waals surface area contributed by atoms with Crippen molar-refractivity contribution in [3.63, 3.8) is 0 Å². The van der Waals surface area contributed by atoms with Crippen molar-refractivity contribution in [2.24, 2.45) is 0 Å². The SMILES string of the molecule is CCCCCC[P+](O)(O)F. The van der Waals surface area contributed by atoms with Crippen LogP contribution in [0.3, 0.4) is 0 Å². The molecule has 0 fully saturated rings. The van der Waals surface area contributed by atoms with Gasteiger partial charge < -0.3 is 0 Å². The van der Waals surface area contributed by atoms with Crippen molar-refractivity contribution >= 4 is 8.03 Å². The zero-order chi connectivity index (χ0) is 8.04. The van der Waals surface area contributed by atoms with E-state index < -0.39 is 8.03 Å². The van der Waals surface area contributed by atoms with E-state index in [1.165, 1.54) is 0 Å². The predicted octanol–water partition coefficient (Wildman–Crippen LogP) is 2.28. The van der Waals surface area contributed by atoms with Crippen LogP contribution in [0.1, 0.15) is 32.6 Å². The second-order valence-electron chi connectivity index (χ2n) is 2.43. The Morgan fingerprint density at radius 2 is 1.80 bits per heavy atom. The minimum absolute atomic E-state index is 0.0625. The number of rotatable bonds is 5. The Bertz CT molecular complexity index is 82.3. The Balaban J connectivity index is 3.04. The fraction of sp³-hybridized carbons (Fsp3) is 1.00. The molecule has 4 heteroatoms. The molecule has 0 unspecified atom stereocenters. The Labute approximate surface area is 61.7 Å². The Morgan fingerprint density at radius 3 is 2.20 bits per heavy atom. The Morgan fingerprint density at radius 1 is 1.20 bits per heavy atom. The van der Waals surface area contributed by atoms with Gasteiger partial charge in [0, 0.05) is 4.20 Å². The third-order valence-electron chi connectivity index (χ3n) is 1.30. The molecule has 0 aromatic rings. The molecular weight excluding hydrogens is 154 g/mol. The summed E-state index contributed by atoms with van der Waals surface area (Å²) >= 11 is 0. The van der Waals surface area contributed by atoms with E-state index in [1.807, 2.05) is 0 Å². The van der Waals surface area contributed by atoms with Crippen molar-refractivity contribution in [1.29, 1.82) is 0 Å². The molecule has 0 aromatic heterocycles. The first kappa shape index (κ1) is 10.3. The lowest BCUT2D eigenvalue weighted by Gasteiger charge is -1.98. The van der Waals surface area contributed by atoms with E-state index in [1.54, 1.807) is 0 Å². The fourth-order valence-electron chi connectivity index (χ4n) is 0.740. The monoisotopic (exact) mass is 169 g/mol. The van der Waals surface area contributed by atoms with Crippen molar-refractivity contribution in [2.75, 3.05) is 6.16 Å². The molecule has 0 rings (SSSR count). The van der Waals surface area contributed by atoms with Crippen molar-refractivity contribution in [2.45, 2.75) is 32.6 Å². The first-order valence-corrected chi connectivity index (χ1v) is 5.36. The topological polar surface area (TPSA) is 40.5 Å². The maximum absolute atomic E-state index is 12.0. The van der Waals surface area contributed by atoms with Crippen molar-refractivity contribution in [3.8, 4) is 0 Å². The molecule has 2 N–H and O–H groups in total. The summed E-state index contributed by atoms with van der Waals surface area (Å²) in [5.74, 6) is 0. The van der Waals surface area contributed by atoms with E-state index in [2.05, 4.69) is 6.92 Å². The quantitative estimate of drug-likeness (QED) is 0.489. The molecule has 0 bridgehead atoms. The predicted molar refractivity (Wildman–Crippen MR) is 41.5 cm³/mol. The van der Waals surface area contributed by atoms with Gasteiger partial charge in [0.25, 0.3) is 0 Å². The van der Waals surface area contributed by atoms with Crippen LogP contribution >= 0.6 is 8.03 Å². The standard InChI is InChI=1S/C6H15FO2P/c1-2-3-4-5-6-10(7,8)9/h8-9H,2-6H2,1H3/q+1. The maximum atomic E-state index is 12.0. The lowest BCUT2D eigenvalue weighted by molar-refractivity contribution is 0.387. The van der Waals surface area contributed by atoms with E-state index in [-0.39, 0.29) is 6.16 Å². The second-order valence-corrected chi connectivity index (χ2v) is 4.16. The van der Waals surface area contributed by atoms with E-state index in [0.717, 1.165) is 19.3 Å². The van der Waals surface area contributed by atoms with Gasteiger partial charge in [-0.25, -0.2) is 0 Å². The summed E-state index contributed by atoms with van der Waals surface area (Å²) in [5.41, 5.74) is 0. The molecule has 0 aromatic carbocycles. The molecule has 0 atom stereocenters. The highest BCUT2D eigenvalue weighted by Crippen LogP contribution is 2.52. The lowest BCUT2D eigenvalue weighted by Crippen LogP contribution is -1.90. The van der Waals surface area contributed by atoms with E-state index in [0.29, 0.717) is 6.42 Å². The van der Waals surface area contributed by atoms with Gasteiger partial charge in [0.05, 0.1) is 0 Å². The molecule has 0 amide bonds. The minimum atomic E-state index is -3.96. The molecule has 0 aliphatic rings. The molecule has 2 nitrogen and oxygen atoms in total. The van der Waals surface area contributed by atoms with Crippen LogP contribution in [0.4, 0.5) is 4.20 Å². The van der Waals surface area contributed by atoms with Gasteiger partial charge in [0.2, 0.25) is 0 Å². The summed E-state index contributed by atoms with van der Waals surface area (Å²) < 4.78 is 12.0. The van der Waals surface area contributed by atoms with Gasteiger partial charge in [-0.1, -0.05) is 19.8 Å². The summed E-state index contributed by atoms with van der Waals surface area (Å²) in [7, 11) is -3.96. The van der Waals surface area contributed by atoms with Gasteiger partial charge in [-0.15, -0.1) is 0 Å². The highest BCUT2D eigenvalue weighted by atomic mass is 31.2. The van der Waals surface area contributed by atoms with Gasteiger partial charge >= 0.3 is 8.03 Å². The third-order valence-corrected chi connectivity index (χ3v) is 2.18. The van der Waals surface area contributed by atoms with Crippen molar-refractivity contribution in [3.05, 3.63) is 0 Å². The van der Waals surface area contributed by atoms with E-state index in [9.17, 15) is 4.20 Å². The molecule has 10 heavy (non-hydrogen) atoms. The van der Waals surface area contributed by atoms with Crippen molar-refractivity contribution in [1.82, 2.24) is 0 Å². The lowest BCUT2D eigenvalue weighted by atomic mass is 10.2. The molecule has 0 saturated heterocycles. The smallest absolute Gasteiger partial charge is 0.189 e. The summed E-state index contributed by atoms with van der Waals surface area (Å²) in [6, 6.07) is 0. The molecule has 0 saturated carbocycles. The zero-order valence-electron chi connectivity index (χ0n) is 6.26. The zero-order valence-corrected chi connectivity index (χ0v) is 7.15. The van der Waals surface area contributed by atoms with Crippen LogP contribution in [0, 0.1) is 0 Å². The van der Waals surface area contributed by atoms with Gasteiger partial charge in [0.15, 0.2) is 0 Å². The summed E-state index contributed by atoms with van der Waals surface area (Å²) in [6.45, 7) is 2.05. The fourth-order valence-corrected chi connectivity index (χ4v) is 1.37.